The standard InChI is InChI=1S/C15H13BrN2O2.ClH/c16-11-6-7-13(18-14(19)9-17)12(8-11)15(20)10-4-2-1-3-5-10;/h1-8H,9,17H2,(H,18,19);1H. The van der Waals surface area contributed by atoms with Gasteiger partial charge in [-0.05, 0) is 18.2 Å². The number of nitrogens with two attached hydrogens (primary N) is 1. The summed E-state index contributed by atoms with van der Waals surface area (Å²) in [4.78, 5) is 23.9. The second kappa shape index (κ2) is 7.93. The van der Waals surface area contributed by atoms with Crippen molar-refractivity contribution in [1.29, 1.82) is 0 Å². The van der Waals surface area contributed by atoms with E-state index in [1.54, 1.807) is 42.5 Å². The lowest BCUT2D eigenvalue weighted by Gasteiger charge is -2.10. The maximum atomic E-state index is 12.5. The van der Waals surface area contributed by atoms with Gasteiger partial charge >= 0.3 is 0 Å². The molecule has 0 saturated carbocycles. The van der Waals surface area contributed by atoms with E-state index in [2.05, 4.69) is 21.2 Å². The summed E-state index contributed by atoms with van der Waals surface area (Å²) in [6.07, 6.45) is 0. The summed E-state index contributed by atoms with van der Waals surface area (Å²) in [5, 5.41) is 2.63. The van der Waals surface area contributed by atoms with Gasteiger partial charge in [0.05, 0.1) is 12.2 Å². The molecule has 2 aromatic carbocycles. The first kappa shape index (κ1) is 17.4. The van der Waals surface area contributed by atoms with E-state index in [0.29, 0.717) is 16.8 Å². The highest BCUT2D eigenvalue weighted by Crippen LogP contribution is 2.23. The maximum Gasteiger partial charge on any atom is 0.238 e. The van der Waals surface area contributed by atoms with Crippen LogP contribution >= 0.6 is 28.3 Å². The molecule has 1 amide bonds. The van der Waals surface area contributed by atoms with Crippen molar-refractivity contribution in [3.8, 4) is 0 Å². The second-order valence-electron chi connectivity index (χ2n) is 4.14. The molecule has 4 nitrogen and oxygen atoms in total. The van der Waals surface area contributed by atoms with Gasteiger partial charge in [0.25, 0.3) is 0 Å². The fourth-order valence-electron chi connectivity index (χ4n) is 1.76. The predicted molar refractivity (Wildman–Crippen MR) is 88.9 cm³/mol. The number of benzene rings is 2. The van der Waals surface area contributed by atoms with Crippen molar-refractivity contribution in [3.63, 3.8) is 0 Å². The van der Waals surface area contributed by atoms with Crippen LogP contribution < -0.4 is 11.1 Å². The van der Waals surface area contributed by atoms with Crippen molar-refractivity contribution in [1.82, 2.24) is 0 Å². The molecule has 0 unspecified atom stereocenters. The lowest BCUT2D eigenvalue weighted by molar-refractivity contribution is -0.114. The number of carbonyl (C=O) groups excluding carboxylic acids is 2. The van der Waals surface area contributed by atoms with Crippen LogP contribution in [0.5, 0.6) is 0 Å². The maximum absolute atomic E-state index is 12.5. The highest BCUT2D eigenvalue weighted by Gasteiger charge is 2.15. The number of anilines is 1. The highest BCUT2D eigenvalue weighted by atomic mass is 79.9. The van der Waals surface area contributed by atoms with Gasteiger partial charge in [0.2, 0.25) is 5.91 Å². The molecule has 0 saturated heterocycles. The Balaban J connectivity index is 0.00000220. The smallest absolute Gasteiger partial charge is 0.238 e. The van der Waals surface area contributed by atoms with Gasteiger partial charge in [-0.15, -0.1) is 12.4 Å². The van der Waals surface area contributed by atoms with E-state index in [1.807, 2.05) is 6.07 Å². The molecule has 0 heterocycles. The average molecular weight is 370 g/mol. The van der Waals surface area contributed by atoms with Gasteiger partial charge < -0.3 is 11.1 Å². The van der Waals surface area contributed by atoms with Crippen LogP contribution in [0.25, 0.3) is 0 Å². The van der Waals surface area contributed by atoms with E-state index in [9.17, 15) is 9.59 Å². The van der Waals surface area contributed by atoms with E-state index in [1.165, 1.54) is 0 Å². The van der Waals surface area contributed by atoms with Gasteiger partial charge in [-0.2, -0.15) is 0 Å². The first-order valence-electron chi connectivity index (χ1n) is 6.01. The second-order valence-corrected chi connectivity index (χ2v) is 5.05. The van der Waals surface area contributed by atoms with Crippen LogP contribution in [0.15, 0.2) is 53.0 Å². The zero-order valence-corrected chi connectivity index (χ0v) is 13.4. The Morgan fingerprint density at radius 3 is 2.38 bits per heavy atom. The van der Waals surface area contributed by atoms with Gasteiger partial charge in [0.15, 0.2) is 5.78 Å². The van der Waals surface area contributed by atoms with Crippen molar-refractivity contribution < 1.29 is 9.59 Å². The number of nitrogens with one attached hydrogen (secondary N) is 1. The topological polar surface area (TPSA) is 72.2 Å². The summed E-state index contributed by atoms with van der Waals surface area (Å²) in [7, 11) is 0. The summed E-state index contributed by atoms with van der Waals surface area (Å²) < 4.78 is 0.766. The predicted octanol–water partition coefficient (Wildman–Crippen LogP) is 3.00. The zero-order valence-electron chi connectivity index (χ0n) is 11.0. The fraction of sp³-hybridized carbons (Fsp3) is 0.0667. The summed E-state index contributed by atoms with van der Waals surface area (Å²) in [6, 6.07) is 14.0. The Morgan fingerprint density at radius 2 is 1.76 bits per heavy atom. The number of hydrogen-bond donors (Lipinski definition) is 2. The fourth-order valence-corrected chi connectivity index (χ4v) is 2.12. The minimum atomic E-state index is -0.338. The van der Waals surface area contributed by atoms with Crippen LogP contribution in [-0.2, 0) is 4.79 Å². The SMILES string of the molecule is Cl.NCC(=O)Nc1ccc(Br)cc1C(=O)c1ccccc1. The quantitative estimate of drug-likeness (QED) is 0.814. The van der Waals surface area contributed by atoms with Crippen LogP contribution in [-0.4, -0.2) is 18.2 Å². The summed E-state index contributed by atoms with van der Waals surface area (Å²) in [6.45, 7) is -0.130. The molecule has 2 aromatic rings. The summed E-state index contributed by atoms with van der Waals surface area (Å²) in [5.74, 6) is -0.492. The third-order valence-electron chi connectivity index (χ3n) is 2.72. The lowest BCUT2D eigenvalue weighted by atomic mass is 10.0. The number of hydrogen-bond acceptors (Lipinski definition) is 3. The van der Waals surface area contributed by atoms with E-state index < -0.39 is 0 Å². The zero-order chi connectivity index (χ0) is 14.5. The molecule has 0 aromatic heterocycles. The molecule has 0 spiro atoms. The van der Waals surface area contributed by atoms with E-state index in [-0.39, 0.29) is 30.6 Å². The van der Waals surface area contributed by atoms with Crippen molar-refractivity contribution in [2.75, 3.05) is 11.9 Å². The molecule has 0 aliphatic rings. The first-order valence-corrected chi connectivity index (χ1v) is 6.80. The van der Waals surface area contributed by atoms with E-state index in [0.717, 1.165) is 4.47 Å². The van der Waals surface area contributed by atoms with Crippen molar-refractivity contribution in [3.05, 3.63) is 64.1 Å². The number of amides is 1. The molecule has 21 heavy (non-hydrogen) atoms. The third kappa shape index (κ3) is 4.39. The van der Waals surface area contributed by atoms with Crippen LogP contribution in [0.1, 0.15) is 15.9 Å². The van der Waals surface area contributed by atoms with E-state index in [4.69, 9.17) is 5.73 Å². The van der Waals surface area contributed by atoms with Gasteiger partial charge in [-0.25, -0.2) is 0 Å². The van der Waals surface area contributed by atoms with Gasteiger partial charge in [-0.1, -0.05) is 46.3 Å². The molecule has 0 aliphatic carbocycles. The molecule has 110 valence electrons. The molecule has 6 heteroatoms. The van der Waals surface area contributed by atoms with Crippen LogP contribution in [0.2, 0.25) is 0 Å². The Morgan fingerprint density at radius 1 is 1.10 bits per heavy atom. The van der Waals surface area contributed by atoms with Crippen molar-refractivity contribution in [2.45, 2.75) is 0 Å². The average Bonchev–Trinajstić information content (AvgIpc) is 2.49. The van der Waals surface area contributed by atoms with Gasteiger partial charge in [-0.3, -0.25) is 9.59 Å². The largest absolute Gasteiger partial charge is 0.324 e. The van der Waals surface area contributed by atoms with Crippen molar-refractivity contribution in [2.24, 2.45) is 5.73 Å². The molecule has 0 radical (unpaired) electrons. The molecule has 2 rings (SSSR count). The minimum absolute atomic E-state index is 0. The molecular weight excluding hydrogens is 356 g/mol. The van der Waals surface area contributed by atoms with Crippen LogP contribution in [0.3, 0.4) is 0 Å². The Bertz CT molecular complexity index is 647. The molecule has 0 fully saturated rings. The molecule has 0 bridgehead atoms. The van der Waals surface area contributed by atoms with Crippen molar-refractivity contribution >= 4 is 45.7 Å². The third-order valence-corrected chi connectivity index (χ3v) is 3.21. The minimum Gasteiger partial charge on any atom is -0.324 e. The number of ketones is 1. The number of rotatable bonds is 4. The van der Waals surface area contributed by atoms with Gasteiger partial charge in [0, 0.05) is 15.6 Å². The summed E-state index contributed by atoms with van der Waals surface area (Å²) >= 11 is 3.33. The first-order chi connectivity index (χ1) is 9.61. The van der Waals surface area contributed by atoms with Crippen LogP contribution in [0, 0.1) is 0 Å². The van der Waals surface area contributed by atoms with Crippen LogP contribution in [0.4, 0.5) is 5.69 Å². The lowest BCUT2D eigenvalue weighted by Crippen LogP contribution is -2.23. The number of carbonyl (C=O) groups is 2. The molecular formula is C15H14BrClN2O2. The normalized spacial score (nSPS) is 9.62. The molecule has 3 N–H and O–H groups in total. The molecule has 0 aliphatic heterocycles. The Kier molecular flexibility index (Phi) is 6.55. The van der Waals surface area contributed by atoms with Gasteiger partial charge in [0.1, 0.15) is 0 Å². The Labute approximate surface area is 137 Å². The van der Waals surface area contributed by atoms with E-state index >= 15 is 0 Å². The molecule has 0 atom stereocenters. The summed E-state index contributed by atoms with van der Waals surface area (Å²) in [5.41, 5.74) is 6.72. The monoisotopic (exact) mass is 368 g/mol. The highest BCUT2D eigenvalue weighted by molar-refractivity contribution is 9.10. The Hall–Kier alpha value is -1.69. The number of halogens is 2.